The predicted molar refractivity (Wildman–Crippen MR) is 74.7 cm³/mol. The molecule has 0 saturated carbocycles. The topological polar surface area (TPSA) is 56.5 Å². The highest BCUT2D eigenvalue weighted by Gasteiger charge is 2.16. The van der Waals surface area contributed by atoms with Crippen molar-refractivity contribution in [2.75, 3.05) is 0 Å². The second-order valence-electron chi connectivity index (χ2n) is 5.18. The highest BCUT2D eigenvalue weighted by atomic mass is 15.3. The van der Waals surface area contributed by atoms with E-state index in [9.17, 15) is 0 Å². The molecule has 0 aromatic carbocycles. The fraction of sp³-hybridized carbons (Fsp3) is 0.571. The van der Waals surface area contributed by atoms with Crippen LogP contribution in [-0.4, -0.2) is 24.7 Å². The van der Waals surface area contributed by atoms with E-state index in [0.29, 0.717) is 5.92 Å². The molecule has 0 aliphatic carbocycles. The van der Waals surface area contributed by atoms with Gasteiger partial charge in [-0.1, -0.05) is 13.8 Å². The molecule has 0 aliphatic rings. The fourth-order valence-corrected chi connectivity index (χ4v) is 2.16. The van der Waals surface area contributed by atoms with Gasteiger partial charge in [0, 0.05) is 13.0 Å². The molecule has 0 fully saturated rings. The monoisotopic (exact) mass is 259 g/mol. The first-order valence-electron chi connectivity index (χ1n) is 6.75. The zero-order valence-electron chi connectivity index (χ0n) is 12.3. The molecular weight excluding hydrogens is 238 g/mol. The molecule has 102 valence electrons. The summed E-state index contributed by atoms with van der Waals surface area (Å²) in [7, 11) is 0. The third-order valence-corrected chi connectivity index (χ3v) is 3.06. The molecule has 0 aliphatic heterocycles. The quantitative estimate of drug-likeness (QED) is 0.846. The largest absolute Gasteiger partial charge is 0.246 e. The van der Waals surface area contributed by atoms with Crippen LogP contribution in [0.3, 0.4) is 0 Å². The molecule has 0 radical (unpaired) electrons. The van der Waals surface area contributed by atoms with Crippen molar-refractivity contribution in [2.45, 2.75) is 47.6 Å². The minimum absolute atomic E-state index is 0.551. The summed E-state index contributed by atoms with van der Waals surface area (Å²) in [6, 6.07) is 0. The maximum absolute atomic E-state index is 4.68. The summed E-state index contributed by atoms with van der Waals surface area (Å²) in [5.41, 5.74) is 2.91. The first-order chi connectivity index (χ1) is 9.02. The molecule has 0 atom stereocenters. The maximum Gasteiger partial charge on any atom is 0.162 e. The maximum atomic E-state index is 4.68. The molecule has 5 nitrogen and oxygen atoms in total. The molecular formula is C14H21N5. The smallest absolute Gasteiger partial charge is 0.162 e. The first-order valence-corrected chi connectivity index (χ1v) is 6.75. The number of rotatable bonds is 4. The van der Waals surface area contributed by atoms with Crippen molar-refractivity contribution >= 4 is 0 Å². The standard InChI is InChI=1S/C14H21N5/c1-6-19-14(17-12(18-19)7-9(2)3)13-10(4)15-8-16-11(13)5/h8-9H,6-7H2,1-5H3. The van der Waals surface area contributed by atoms with Gasteiger partial charge in [-0.05, 0) is 26.7 Å². The van der Waals surface area contributed by atoms with E-state index in [1.807, 2.05) is 18.5 Å². The molecule has 19 heavy (non-hydrogen) atoms. The molecule has 0 unspecified atom stereocenters. The minimum Gasteiger partial charge on any atom is -0.246 e. The summed E-state index contributed by atoms with van der Waals surface area (Å²) < 4.78 is 1.94. The lowest BCUT2D eigenvalue weighted by molar-refractivity contribution is 0.597. The van der Waals surface area contributed by atoms with Crippen LogP contribution < -0.4 is 0 Å². The van der Waals surface area contributed by atoms with E-state index in [1.54, 1.807) is 6.33 Å². The van der Waals surface area contributed by atoms with Crippen LogP contribution >= 0.6 is 0 Å². The van der Waals surface area contributed by atoms with Crippen molar-refractivity contribution in [1.29, 1.82) is 0 Å². The minimum atomic E-state index is 0.551. The highest BCUT2D eigenvalue weighted by molar-refractivity contribution is 5.60. The Bertz CT molecular complexity index is 551. The Morgan fingerprint density at radius 1 is 1.16 bits per heavy atom. The lowest BCUT2D eigenvalue weighted by atomic mass is 10.1. The van der Waals surface area contributed by atoms with Crippen LogP contribution in [0.2, 0.25) is 0 Å². The van der Waals surface area contributed by atoms with Gasteiger partial charge in [-0.25, -0.2) is 19.6 Å². The molecule has 5 heteroatoms. The third-order valence-electron chi connectivity index (χ3n) is 3.06. The highest BCUT2D eigenvalue weighted by Crippen LogP contribution is 2.23. The third kappa shape index (κ3) is 2.80. The Morgan fingerprint density at radius 3 is 2.32 bits per heavy atom. The SMILES string of the molecule is CCn1nc(CC(C)C)nc1-c1c(C)ncnc1C. The van der Waals surface area contributed by atoms with Crippen LogP contribution in [0.5, 0.6) is 0 Å². The van der Waals surface area contributed by atoms with Crippen LogP contribution in [0.25, 0.3) is 11.4 Å². The summed E-state index contributed by atoms with van der Waals surface area (Å²) in [6.45, 7) is 11.2. The van der Waals surface area contributed by atoms with Crippen LogP contribution in [0.1, 0.15) is 38.0 Å². The number of hydrogen-bond donors (Lipinski definition) is 0. The molecule has 2 heterocycles. The summed E-state index contributed by atoms with van der Waals surface area (Å²) in [6.07, 6.45) is 2.49. The zero-order valence-corrected chi connectivity index (χ0v) is 12.3. The van der Waals surface area contributed by atoms with Gasteiger partial charge in [0.05, 0.1) is 17.0 Å². The van der Waals surface area contributed by atoms with E-state index in [4.69, 9.17) is 0 Å². The summed E-state index contributed by atoms with van der Waals surface area (Å²) in [4.78, 5) is 13.2. The summed E-state index contributed by atoms with van der Waals surface area (Å²) in [5.74, 6) is 2.33. The normalized spacial score (nSPS) is 11.3. The van der Waals surface area contributed by atoms with E-state index in [0.717, 1.165) is 41.6 Å². The first kappa shape index (κ1) is 13.6. The van der Waals surface area contributed by atoms with Gasteiger partial charge in [-0.15, -0.1) is 0 Å². The van der Waals surface area contributed by atoms with E-state index in [1.165, 1.54) is 0 Å². The summed E-state index contributed by atoms with van der Waals surface area (Å²) >= 11 is 0. The van der Waals surface area contributed by atoms with Gasteiger partial charge in [0.25, 0.3) is 0 Å². The molecule has 0 spiro atoms. The fourth-order valence-electron chi connectivity index (χ4n) is 2.16. The number of aryl methyl sites for hydroxylation is 3. The van der Waals surface area contributed by atoms with Crippen LogP contribution in [0, 0.1) is 19.8 Å². The zero-order chi connectivity index (χ0) is 14.0. The van der Waals surface area contributed by atoms with E-state index >= 15 is 0 Å². The van der Waals surface area contributed by atoms with E-state index in [2.05, 4.69) is 40.8 Å². The average Bonchev–Trinajstić information content (AvgIpc) is 2.71. The van der Waals surface area contributed by atoms with Crippen molar-refractivity contribution in [3.63, 3.8) is 0 Å². The van der Waals surface area contributed by atoms with Gasteiger partial charge in [-0.2, -0.15) is 5.10 Å². The van der Waals surface area contributed by atoms with Crippen LogP contribution in [0.4, 0.5) is 0 Å². The second kappa shape index (κ2) is 5.47. The Hall–Kier alpha value is -1.78. The lowest BCUT2D eigenvalue weighted by Gasteiger charge is -2.07. The number of aromatic nitrogens is 5. The summed E-state index contributed by atoms with van der Waals surface area (Å²) in [5, 5.41) is 4.58. The van der Waals surface area contributed by atoms with Gasteiger partial charge < -0.3 is 0 Å². The molecule has 0 N–H and O–H groups in total. The lowest BCUT2D eigenvalue weighted by Crippen LogP contribution is -2.04. The van der Waals surface area contributed by atoms with Gasteiger partial charge in [0.2, 0.25) is 0 Å². The van der Waals surface area contributed by atoms with E-state index < -0.39 is 0 Å². The van der Waals surface area contributed by atoms with Crippen molar-refractivity contribution in [2.24, 2.45) is 5.92 Å². The van der Waals surface area contributed by atoms with Crippen molar-refractivity contribution in [3.8, 4) is 11.4 Å². The number of nitrogens with zero attached hydrogens (tertiary/aromatic N) is 5. The van der Waals surface area contributed by atoms with Crippen LogP contribution in [0.15, 0.2) is 6.33 Å². The predicted octanol–water partition coefficient (Wildman–Crippen LogP) is 2.57. The molecule has 2 aromatic rings. The molecule has 2 aromatic heterocycles. The van der Waals surface area contributed by atoms with Gasteiger partial charge in [0.1, 0.15) is 6.33 Å². The Morgan fingerprint density at radius 2 is 1.79 bits per heavy atom. The molecule has 0 saturated heterocycles. The molecule has 2 rings (SSSR count). The Labute approximate surface area is 114 Å². The second-order valence-corrected chi connectivity index (χ2v) is 5.18. The molecule has 0 amide bonds. The van der Waals surface area contributed by atoms with Gasteiger partial charge >= 0.3 is 0 Å². The van der Waals surface area contributed by atoms with Crippen molar-refractivity contribution in [1.82, 2.24) is 24.7 Å². The Kier molecular flexibility index (Phi) is 3.93. The molecule has 0 bridgehead atoms. The van der Waals surface area contributed by atoms with Crippen molar-refractivity contribution < 1.29 is 0 Å². The Balaban J connectivity index is 2.52. The average molecular weight is 259 g/mol. The van der Waals surface area contributed by atoms with E-state index in [-0.39, 0.29) is 0 Å². The van der Waals surface area contributed by atoms with Crippen LogP contribution in [-0.2, 0) is 13.0 Å². The van der Waals surface area contributed by atoms with Crippen molar-refractivity contribution in [3.05, 3.63) is 23.5 Å². The number of hydrogen-bond acceptors (Lipinski definition) is 4. The van der Waals surface area contributed by atoms with Gasteiger partial charge in [-0.3, -0.25) is 0 Å². The van der Waals surface area contributed by atoms with Gasteiger partial charge in [0.15, 0.2) is 11.6 Å².